The summed E-state index contributed by atoms with van der Waals surface area (Å²) in [5, 5.41) is 2.95. The highest BCUT2D eigenvalue weighted by Gasteiger charge is 2.43. The molecule has 2 aromatic rings. The predicted octanol–water partition coefficient (Wildman–Crippen LogP) is 1.56. The second-order valence-corrected chi connectivity index (χ2v) is 6.73. The monoisotopic (exact) mass is 346 g/mol. The third kappa shape index (κ3) is 2.99. The lowest BCUT2D eigenvalue weighted by atomic mass is 10.1. The minimum Gasteiger partial charge on any atom is -0.324 e. The zero-order chi connectivity index (χ0) is 18.4. The molecule has 0 aliphatic carbocycles. The van der Waals surface area contributed by atoms with Gasteiger partial charge in [-0.05, 0) is 38.8 Å². The van der Waals surface area contributed by atoms with E-state index in [0.29, 0.717) is 29.4 Å². The number of halogens is 1. The van der Waals surface area contributed by atoms with Crippen LogP contribution < -0.4 is 10.9 Å². The highest BCUT2D eigenvalue weighted by molar-refractivity contribution is 6.06. The quantitative estimate of drug-likeness (QED) is 0.852. The summed E-state index contributed by atoms with van der Waals surface area (Å²) < 4.78 is 15.0. The molecule has 3 rings (SSSR count). The Balaban J connectivity index is 1.75. The Labute approximate surface area is 143 Å². The first-order valence-corrected chi connectivity index (χ1v) is 8.00. The van der Waals surface area contributed by atoms with Crippen molar-refractivity contribution >= 4 is 22.8 Å². The highest BCUT2D eigenvalue weighted by atomic mass is 19.1. The van der Waals surface area contributed by atoms with Gasteiger partial charge in [0.15, 0.2) is 0 Å². The number of hydrogen-bond acceptors (Lipinski definition) is 4. The van der Waals surface area contributed by atoms with Crippen molar-refractivity contribution in [3.05, 3.63) is 40.2 Å². The Morgan fingerprint density at radius 3 is 2.56 bits per heavy atom. The molecule has 0 radical (unpaired) electrons. The maximum Gasteiger partial charge on any atom is 0.325 e. The number of nitrogens with zero attached hydrogens (tertiary/aromatic N) is 3. The van der Waals surface area contributed by atoms with E-state index < -0.39 is 17.4 Å². The van der Waals surface area contributed by atoms with Gasteiger partial charge < -0.3 is 5.32 Å². The van der Waals surface area contributed by atoms with E-state index in [1.807, 2.05) is 0 Å². The van der Waals surface area contributed by atoms with E-state index in [4.69, 9.17) is 0 Å². The first-order chi connectivity index (χ1) is 11.7. The van der Waals surface area contributed by atoms with E-state index in [9.17, 15) is 18.8 Å². The molecule has 1 aromatic carbocycles. The zero-order valence-electron chi connectivity index (χ0n) is 14.3. The van der Waals surface area contributed by atoms with Crippen molar-refractivity contribution in [1.82, 2.24) is 19.8 Å². The summed E-state index contributed by atoms with van der Waals surface area (Å²) >= 11 is 0. The van der Waals surface area contributed by atoms with Crippen LogP contribution in [0.15, 0.2) is 23.3 Å². The average molecular weight is 346 g/mol. The van der Waals surface area contributed by atoms with Gasteiger partial charge in [0, 0.05) is 19.2 Å². The number of imide groups is 1. The summed E-state index contributed by atoms with van der Waals surface area (Å²) in [6.07, 6.45) is 1.78. The molecule has 0 saturated carbocycles. The number of aryl methyl sites for hydroxylation is 2. The van der Waals surface area contributed by atoms with Crippen LogP contribution in [-0.4, -0.2) is 38.5 Å². The molecule has 7 nitrogen and oxygen atoms in total. The van der Waals surface area contributed by atoms with E-state index in [1.165, 1.54) is 23.0 Å². The Morgan fingerprint density at radius 2 is 1.92 bits per heavy atom. The van der Waals surface area contributed by atoms with Crippen molar-refractivity contribution < 1.29 is 14.0 Å². The van der Waals surface area contributed by atoms with Gasteiger partial charge in [0.25, 0.3) is 11.5 Å². The van der Waals surface area contributed by atoms with Gasteiger partial charge in [-0.2, -0.15) is 0 Å². The number of carbonyl (C=O) groups is 2. The number of amides is 3. The summed E-state index contributed by atoms with van der Waals surface area (Å²) in [5.41, 5.74) is -0.489. The largest absolute Gasteiger partial charge is 0.325 e. The number of aromatic nitrogens is 2. The summed E-state index contributed by atoms with van der Waals surface area (Å²) in [4.78, 5) is 41.7. The summed E-state index contributed by atoms with van der Waals surface area (Å²) in [5.74, 6) is -0.689. The maximum absolute atomic E-state index is 13.6. The molecule has 1 aromatic heterocycles. The average Bonchev–Trinajstić information content (AvgIpc) is 2.73. The molecule has 0 unspecified atom stereocenters. The van der Waals surface area contributed by atoms with Crippen LogP contribution in [0.2, 0.25) is 0 Å². The van der Waals surface area contributed by atoms with Gasteiger partial charge in [-0.1, -0.05) is 0 Å². The first kappa shape index (κ1) is 17.1. The Hall–Kier alpha value is -2.77. The lowest BCUT2D eigenvalue weighted by Gasteiger charge is -2.16. The normalized spacial score (nSPS) is 16.6. The molecule has 3 amide bonds. The van der Waals surface area contributed by atoms with E-state index in [0.717, 1.165) is 4.90 Å². The Kier molecular flexibility index (Phi) is 4.06. The van der Waals surface area contributed by atoms with Crippen molar-refractivity contribution in [2.45, 2.75) is 39.3 Å². The van der Waals surface area contributed by atoms with E-state index in [-0.39, 0.29) is 18.0 Å². The SMILES string of the molecule is Cc1cc2c(=O)n(CCCN3C(=O)NC(C)(C)C3=O)cnc2cc1F. The van der Waals surface area contributed by atoms with Crippen LogP contribution in [0.1, 0.15) is 25.8 Å². The van der Waals surface area contributed by atoms with Crippen LogP contribution in [0, 0.1) is 12.7 Å². The molecule has 0 bridgehead atoms. The fraction of sp³-hybridized carbons (Fsp3) is 0.412. The lowest BCUT2D eigenvalue weighted by Crippen LogP contribution is -2.40. The first-order valence-electron chi connectivity index (χ1n) is 8.00. The topological polar surface area (TPSA) is 84.3 Å². The summed E-state index contributed by atoms with van der Waals surface area (Å²) in [6.45, 7) is 5.39. The molecule has 8 heteroatoms. The van der Waals surface area contributed by atoms with Gasteiger partial charge in [-0.15, -0.1) is 0 Å². The molecule has 1 aliphatic rings. The van der Waals surface area contributed by atoms with Crippen molar-refractivity contribution in [3.63, 3.8) is 0 Å². The summed E-state index contributed by atoms with van der Waals surface area (Å²) in [7, 11) is 0. The van der Waals surface area contributed by atoms with Crippen LogP contribution in [0.5, 0.6) is 0 Å². The number of urea groups is 1. The molecule has 2 heterocycles. The number of hydrogen-bond donors (Lipinski definition) is 1. The van der Waals surface area contributed by atoms with Crippen LogP contribution in [0.4, 0.5) is 9.18 Å². The molecule has 25 heavy (non-hydrogen) atoms. The van der Waals surface area contributed by atoms with Gasteiger partial charge in [-0.3, -0.25) is 19.1 Å². The molecule has 1 saturated heterocycles. The van der Waals surface area contributed by atoms with Gasteiger partial charge >= 0.3 is 6.03 Å². The lowest BCUT2D eigenvalue weighted by molar-refractivity contribution is -0.130. The van der Waals surface area contributed by atoms with Crippen molar-refractivity contribution in [1.29, 1.82) is 0 Å². The van der Waals surface area contributed by atoms with Crippen LogP contribution in [-0.2, 0) is 11.3 Å². The van der Waals surface area contributed by atoms with E-state index >= 15 is 0 Å². The van der Waals surface area contributed by atoms with Crippen LogP contribution >= 0.6 is 0 Å². The number of nitrogens with one attached hydrogen (secondary N) is 1. The standard InChI is InChI=1S/C17H19FN4O3/c1-10-7-11-13(8-12(10)18)19-9-21(14(11)23)5-4-6-22-15(24)17(2,3)20-16(22)25/h7-9H,4-6H2,1-3H3,(H,20,25). The fourth-order valence-corrected chi connectivity index (χ4v) is 2.87. The predicted molar refractivity (Wildman–Crippen MR) is 89.6 cm³/mol. The number of carbonyl (C=O) groups excluding carboxylic acids is 2. The zero-order valence-corrected chi connectivity index (χ0v) is 14.3. The van der Waals surface area contributed by atoms with Crippen LogP contribution in [0.3, 0.4) is 0 Å². The number of rotatable bonds is 4. The van der Waals surface area contributed by atoms with Gasteiger partial charge in [0.2, 0.25) is 0 Å². The molecular formula is C17H19FN4O3. The van der Waals surface area contributed by atoms with Crippen molar-refractivity contribution in [2.75, 3.05) is 6.54 Å². The summed E-state index contributed by atoms with van der Waals surface area (Å²) in [6, 6.07) is 2.30. The smallest absolute Gasteiger partial charge is 0.324 e. The number of benzene rings is 1. The van der Waals surface area contributed by atoms with Gasteiger partial charge in [0.05, 0.1) is 17.2 Å². The van der Waals surface area contributed by atoms with Gasteiger partial charge in [0.1, 0.15) is 11.4 Å². The van der Waals surface area contributed by atoms with Crippen molar-refractivity contribution in [2.24, 2.45) is 0 Å². The second kappa shape index (κ2) is 5.94. The minimum atomic E-state index is -0.903. The number of fused-ring (bicyclic) bond motifs is 1. The third-order valence-corrected chi connectivity index (χ3v) is 4.33. The molecule has 0 atom stereocenters. The molecule has 1 aliphatic heterocycles. The Bertz CT molecular complexity index is 935. The minimum absolute atomic E-state index is 0.209. The molecular weight excluding hydrogens is 327 g/mol. The second-order valence-electron chi connectivity index (χ2n) is 6.73. The Morgan fingerprint density at radius 1 is 1.20 bits per heavy atom. The fourth-order valence-electron chi connectivity index (χ4n) is 2.87. The maximum atomic E-state index is 13.6. The van der Waals surface area contributed by atoms with E-state index in [1.54, 1.807) is 20.8 Å². The van der Waals surface area contributed by atoms with Gasteiger partial charge in [-0.25, -0.2) is 14.2 Å². The van der Waals surface area contributed by atoms with Crippen molar-refractivity contribution in [3.8, 4) is 0 Å². The molecule has 132 valence electrons. The molecule has 0 spiro atoms. The highest BCUT2D eigenvalue weighted by Crippen LogP contribution is 2.17. The van der Waals surface area contributed by atoms with Crippen LogP contribution in [0.25, 0.3) is 10.9 Å². The van der Waals surface area contributed by atoms with E-state index in [2.05, 4.69) is 10.3 Å². The third-order valence-electron chi connectivity index (χ3n) is 4.33. The molecule has 1 fully saturated rings. The molecule has 1 N–H and O–H groups in total.